The third kappa shape index (κ3) is 2.27. The Morgan fingerprint density at radius 3 is 3.05 bits per heavy atom. The van der Waals surface area contributed by atoms with Crippen LogP contribution in [0.25, 0.3) is 10.9 Å². The number of nitrogens with one attached hydrogen (secondary N) is 1. The third-order valence-electron chi connectivity index (χ3n) is 3.97. The van der Waals surface area contributed by atoms with Gasteiger partial charge in [0.1, 0.15) is 0 Å². The maximum absolute atomic E-state index is 12.3. The fourth-order valence-electron chi connectivity index (χ4n) is 2.75. The first-order valence-corrected chi connectivity index (χ1v) is 8.79. The van der Waals surface area contributed by atoms with E-state index in [1.54, 1.807) is 11.8 Å². The lowest BCUT2D eigenvalue weighted by Crippen LogP contribution is -2.39. The van der Waals surface area contributed by atoms with Gasteiger partial charge in [-0.25, -0.2) is 0 Å². The van der Waals surface area contributed by atoms with Crippen LogP contribution in [0.4, 0.5) is 0 Å². The van der Waals surface area contributed by atoms with Crippen molar-refractivity contribution in [2.24, 2.45) is 0 Å². The van der Waals surface area contributed by atoms with Crippen molar-refractivity contribution < 1.29 is 4.79 Å². The van der Waals surface area contributed by atoms with Gasteiger partial charge in [-0.1, -0.05) is 12.1 Å². The third-order valence-corrected chi connectivity index (χ3v) is 5.54. The highest BCUT2D eigenvalue weighted by atomic mass is 79.9. The van der Waals surface area contributed by atoms with Crippen molar-refractivity contribution in [2.45, 2.75) is 25.1 Å². The average Bonchev–Trinajstić information content (AvgIpc) is 2.85. The lowest BCUT2D eigenvalue weighted by atomic mass is 10.0. The van der Waals surface area contributed by atoms with E-state index in [9.17, 15) is 4.79 Å². The SMILES string of the molecule is CS[C@H](C)C(=O)N1CCc2[nH]c3c(Br)cccc3c2C1. The van der Waals surface area contributed by atoms with Crippen LogP contribution in [0.5, 0.6) is 0 Å². The molecule has 1 aliphatic rings. The maximum atomic E-state index is 12.3. The molecule has 0 saturated carbocycles. The summed E-state index contributed by atoms with van der Waals surface area (Å²) in [5.41, 5.74) is 3.69. The minimum Gasteiger partial charge on any atom is -0.357 e. The molecule has 1 aromatic heterocycles. The topological polar surface area (TPSA) is 36.1 Å². The highest BCUT2D eigenvalue weighted by Gasteiger charge is 2.26. The molecule has 1 aliphatic heterocycles. The summed E-state index contributed by atoms with van der Waals surface area (Å²) in [5.74, 6) is 0.243. The summed E-state index contributed by atoms with van der Waals surface area (Å²) in [6.07, 6.45) is 2.89. The van der Waals surface area contributed by atoms with E-state index in [0.29, 0.717) is 0 Å². The first kappa shape index (κ1) is 14.0. The van der Waals surface area contributed by atoms with Crippen LogP contribution in [-0.4, -0.2) is 33.8 Å². The van der Waals surface area contributed by atoms with E-state index < -0.39 is 0 Å². The number of para-hydroxylation sites is 1. The number of amides is 1. The summed E-state index contributed by atoms with van der Waals surface area (Å²) >= 11 is 5.20. The Balaban J connectivity index is 1.97. The second kappa shape index (κ2) is 5.45. The minimum absolute atomic E-state index is 0.0356. The standard InChI is InChI=1S/C15H17BrN2OS/c1-9(20-2)15(19)18-7-6-13-11(8-18)10-4-3-5-12(16)14(10)17-13/h3-5,9,17H,6-8H2,1-2H3/t9-/m1/s1. The Labute approximate surface area is 131 Å². The summed E-state index contributed by atoms with van der Waals surface area (Å²) in [5, 5.41) is 1.26. The molecule has 3 nitrogen and oxygen atoms in total. The predicted octanol–water partition coefficient (Wildman–Crippen LogP) is 3.57. The summed E-state index contributed by atoms with van der Waals surface area (Å²) in [7, 11) is 0. The summed E-state index contributed by atoms with van der Waals surface area (Å²) in [6.45, 7) is 3.50. The number of halogens is 1. The van der Waals surface area contributed by atoms with Crippen molar-refractivity contribution in [1.29, 1.82) is 0 Å². The molecule has 1 N–H and O–H groups in total. The Morgan fingerprint density at radius 1 is 1.50 bits per heavy atom. The van der Waals surface area contributed by atoms with Crippen LogP contribution in [0, 0.1) is 0 Å². The fourth-order valence-corrected chi connectivity index (χ4v) is 3.56. The van der Waals surface area contributed by atoms with Crippen LogP contribution >= 0.6 is 27.7 Å². The average molecular weight is 353 g/mol. The number of hydrogen-bond acceptors (Lipinski definition) is 2. The van der Waals surface area contributed by atoms with Gasteiger partial charge in [-0.2, -0.15) is 11.8 Å². The number of aromatic nitrogens is 1. The number of benzene rings is 1. The van der Waals surface area contributed by atoms with Crippen LogP contribution in [-0.2, 0) is 17.8 Å². The molecule has 0 aliphatic carbocycles. The van der Waals surface area contributed by atoms with E-state index >= 15 is 0 Å². The molecule has 1 amide bonds. The van der Waals surface area contributed by atoms with E-state index in [0.717, 1.165) is 29.5 Å². The fraction of sp³-hybridized carbons (Fsp3) is 0.400. The molecule has 1 atom stereocenters. The molecule has 0 spiro atoms. The molecule has 0 radical (unpaired) electrons. The Morgan fingerprint density at radius 2 is 2.30 bits per heavy atom. The van der Waals surface area contributed by atoms with E-state index in [4.69, 9.17) is 0 Å². The van der Waals surface area contributed by atoms with Crippen molar-refractivity contribution in [3.05, 3.63) is 33.9 Å². The summed E-state index contributed by atoms with van der Waals surface area (Å²) in [6, 6.07) is 6.22. The van der Waals surface area contributed by atoms with E-state index in [1.807, 2.05) is 30.2 Å². The number of thioether (sulfide) groups is 1. The largest absolute Gasteiger partial charge is 0.357 e. The zero-order valence-corrected chi connectivity index (χ0v) is 14.0. The second-order valence-corrected chi connectivity index (χ2v) is 7.17. The van der Waals surface area contributed by atoms with Crippen molar-refractivity contribution >= 4 is 44.5 Å². The molecular weight excluding hydrogens is 336 g/mol. The molecule has 0 fully saturated rings. The molecule has 1 aromatic carbocycles. The van der Waals surface area contributed by atoms with E-state index in [1.165, 1.54) is 16.6 Å². The van der Waals surface area contributed by atoms with Gasteiger partial charge < -0.3 is 9.88 Å². The monoisotopic (exact) mass is 352 g/mol. The van der Waals surface area contributed by atoms with Crippen molar-refractivity contribution in [3.8, 4) is 0 Å². The molecule has 2 aromatic rings. The zero-order chi connectivity index (χ0) is 14.3. The lowest BCUT2D eigenvalue weighted by Gasteiger charge is -2.29. The van der Waals surface area contributed by atoms with Gasteiger partial charge >= 0.3 is 0 Å². The number of carbonyl (C=O) groups is 1. The summed E-state index contributed by atoms with van der Waals surface area (Å²) in [4.78, 5) is 17.8. The van der Waals surface area contributed by atoms with Crippen LogP contribution < -0.4 is 0 Å². The van der Waals surface area contributed by atoms with Crippen molar-refractivity contribution in [3.63, 3.8) is 0 Å². The summed E-state index contributed by atoms with van der Waals surface area (Å²) < 4.78 is 1.08. The van der Waals surface area contributed by atoms with E-state index in [-0.39, 0.29) is 11.2 Å². The van der Waals surface area contributed by atoms with Crippen molar-refractivity contribution in [2.75, 3.05) is 12.8 Å². The van der Waals surface area contributed by atoms with Crippen molar-refractivity contribution in [1.82, 2.24) is 9.88 Å². The number of carbonyl (C=O) groups excluding carboxylic acids is 1. The molecule has 20 heavy (non-hydrogen) atoms. The normalized spacial score (nSPS) is 16.2. The highest BCUT2D eigenvalue weighted by molar-refractivity contribution is 9.10. The van der Waals surface area contributed by atoms with Crippen LogP contribution in [0.1, 0.15) is 18.2 Å². The van der Waals surface area contributed by atoms with Gasteiger partial charge in [0, 0.05) is 40.6 Å². The van der Waals surface area contributed by atoms with Gasteiger partial charge in [0.15, 0.2) is 0 Å². The van der Waals surface area contributed by atoms with Crippen LogP contribution in [0.3, 0.4) is 0 Å². The number of hydrogen-bond donors (Lipinski definition) is 1. The predicted molar refractivity (Wildman–Crippen MR) is 88.1 cm³/mol. The first-order valence-electron chi connectivity index (χ1n) is 6.71. The number of aromatic amines is 1. The number of rotatable bonds is 2. The maximum Gasteiger partial charge on any atom is 0.235 e. The molecule has 2 heterocycles. The first-order chi connectivity index (χ1) is 9.61. The van der Waals surface area contributed by atoms with Crippen LogP contribution in [0.15, 0.2) is 22.7 Å². The Kier molecular flexibility index (Phi) is 3.82. The molecule has 106 valence electrons. The van der Waals surface area contributed by atoms with Gasteiger partial charge in [-0.15, -0.1) is 0 Å². The Bertz CT molecular complexity index is 667. The smallest absolute Gasteiger partial charge is 0.235 e. The molecule has 3 rings (SSSR count). The number of H-pyrrole nitrogens is 1. The van der Waals surface area contributed by atoms with Gasteiger partial charge in [-0.3, -0.25) is 4.79 Å². The van der Waals surface area contributed by atoms with Gasteiger partial charge in [0.25, 0.3) is 0 Å². The zero-order valence-electron chi connectivity index (χ0n) is 11.6. The highest BCUT2D eigenvalue weighted by Crippen LogP contribution is 2.32. The Hall–Kier alpha value is -0.940. The molecule has 0 unspecified atom stereocenters. The van der Waals surface area contributed by atoms with Gasteiger partial charge in [-0.05, 0) is 35.2 Å². The number of nitrogens with zero attached hydrogens (tertiary/aromatic N) is 1. The molecule has 5 heteroatoms. The lowest BCUT2D eigenvalue weighted by molar-refractivity contribution is -0.131. The second-order valence-electron chi connectivity index (χ2n) is 5.13. The molecule has 0 saturated heterocycles. The molecular formula is C15H17BrN2OS. The van der Waals surface area contributed by atoms with Crippen LogP contribution in [0.2, 0.25) is 0 Å². The quantitative estimate of drug-likeness (QED) is 0.896. The molecule has 0 bridgehead atoms. The number of fused-ring (bicyclic) bond motifs is 3. The minimum atomic E-state index is 0.0356. The van der Waals surface area contributed by atoms with Gasteiger partial charge in [0.05, 0.1) is 10.8 Å². The van der Waals surface area contributed by atoms with Gasteiger partial charge in [0.2, 0.25) is 5.91 Å². The van der Waals surface area contributed by atoms with E-state index in [2.05, 4.69) is 27.0 Å².